The van der Waals surface area contributed by atoms with Gasteiger partial charge in [-0.25, -0.2) is 0 Å². The molecule has 106 valence electrons. The quantitative estimate of drug-likeness (QED) is 0.826. The van der Waals surface area contributed by atoms with E-state index in [0.717, 1.165) is 22.6 Å². The fourth-order valence-electron chi connectivity index (χ4n) is 2.07. The Labute approximate surface area is 129 Å². The molecule has 0 amide bonds. The van der Waals surface area contributed by atoms with Crippen LogP contribution >= 0.6 is 23.4 Å². The van der Waals surface area contributed by atoms with Crippen molar-refractivity contribution < 1.29 is 4.74 Å². The fraction of sp³-hybridized carbons (Fsp3) is 0.250. The molecule has 0 aliphatic rings. The summed E-state index contributed by atoms with van der Waals surface area (Å²) in [5.41, 5.74) is 8.29. The molecule has 0 saturated carbocycles. The van der Waals surface area contributed by atoms with Crippen LogP contribution in [0.5, 0.6) is 5.75 Å². The summed E-state index contributed by atoms with van der Waals surface area (Å²) < 4.78 is 5.36. The zero-order valence-corrected chi connectivity index (χ0v) is 13.2. The molecule has 0 bridgehead atoms. The summed E-state index contributed by atoms with van der Waals surface area (Å²) >= 11 is 7.87. The van der Waals surface area contributed by atoms with Gasteiger partial charge in [0.15, 0.2) is 0 Å². The highest BCUT2D eigenvalue weighted by molar-refractivity contribution is 7.99. The van der Waals surface area contributed by atoms with Crippen LogP contribution in [0.15, 0.2) is 47.4 Å². The van der Waals surface area contributed by atoms with Gasteiger partial charge in [0.25, 0.3) is 0 Å². The van der Waals surface area contributed by atoms with Crippen LogP contribution in [-0.2, 0) is 0 Å². The van der Waals surface area contributed by atoms with E-state index >= 15 is 0 Å². The SMILES string of the molecule is CCSc1ccc(C(N)c2cc(Cl)ccc2OC)cc1. The molecule has 2 aromatic rings. The standard InChI is InChI=1S/C16H18ClNOS/c1-3-20-13-7-4-11(5-8-13)16(18)14-10-12(17)6-9-15(14)19-2/h4-10,16H,3,18H2,1-2H3. The Balaban J connectivity index is 2.30. The lowest BCUT2D eigenvalue weighted by Gasteiger charge is -2.17. The molecule has 4 heteroatoms. The van der Waals surface area contributed by atoms with Crippen molar-refractivity contribution in [2.75, 3.05) is 12.9 Å². The minimum atomic E-state index is -0.246. The summed E-state index contributed by atoms with van der Waals surface area (Å²) in [6.07, 6.45) is 0. The van der Waals surface area contributed by atoms with E-state index in [9.17, 15) is 0 Å². The summed E-state index contributed by atoms with van der Waals surface area (Å²) in [5.74, 6) is 1.82. The largest absolute Gasteiger partial charge is 0.496 e. The van der Waals surface area contributed by atoms with Crippen molar-refractivity contribution in [3.8, 4) is 5.75 Å². The molecule has 2 nitrogen and oxygen atoms in total. The summed E-state index contributed by atoms with van der Waals surface area (Å²) in [7, 11) is 1.64. The van der Waals surface area contributed by atoms with E-state index in [1.54, 1.807) is 13.2 Å². The van der Waals surface area contributed by atoms with Gasteiger partial charge in [-0.3, -0.25) is 0 Å². The minimum absolute atomic E-state index is 0.246. The van der Waals surface area contributed by atoms with Crippen LogP contribution in [-0.4, -0.2) is 12.9 Å². The minimum Gasteiger partial charge on any atom is -0.496 e. The third-order valence-electron chi connectivity index (χ3n) is 3.08. The van der Waals surface area contributed by atoms with E-state index < -0.39 is 0 Å². The first-order valence-electron chi connectivity index (χ1n) is 6.47. The lowest BCUT2D eigenvalue weighted by Crippen LogP contribution is -2.13. The molecule has 1 atom stereocenters. The van der Waals surface area contributed by atoms with Gasteiger partial charge in [0.05, 0.1) is 13.2 Å². The zero-order valence-electron chi connectivity index (χ0n) is 11.6. The predicted octanol–water partition coefficient (Wildman–Crippen LogP) is 4.51. The van der Waals surface area contributed by atoms with Gasteiger partial charge in [-0.05, 0) is 41.6 Å². The van der Waals surface area contributed by atoms with Crippen LogP contribution in [0.2, 0.25) is 5.02 Å². The number of methoxy groups -OCH3 is 1. The number of ether oxygens (including phenoxy) is 1. The Bertz CT molecular complexity index is 571. The normalized spacial score (nSPS) is 12.2. The van der Waals surface area contributed by atoms with Gasteiger partial charge in [-0.2, -0.15) is 0 Å². The maximum atomic E-state index is 6.34. The Morgan fingerprint density at radius 1 is 1.20 bits per heavy atom. The third kappa shape index (κ3) is 3.48. The molecular formula is C16H18ClNOS. The molecule has 2 aromatic carbocycles. The van der Waals surface area contributed by atoms with Crippen LogP contribution in [0.1, 0.15) is 24.1 Å². The van der Waals surface area contributed by atoms with E-state index in [1.165, 1.54) is 4.90 Å². The number of benzene rings is 2. The summed E-state index contributed by atoms with van der Waals surface area (Å²) in [5, 5.41) is 0.661. The smallest absolute Gasteiger partial charge is 0.124 e. The summed E-state index contributed by atoms with van der Waals surface area (Å²) in [6, 6.07) is 13.6. The molecule has 2 N–H and O–H groups in total. The van der Waals surface area contributed by atoms with Gasteiger partial charge in [0.1, 0.15) is 5.75 Å². The first-order chi connectivity index (χ1) is 9.65. The number of nitrogens with two attached hydrogens (primary N) is 1. The van der Waals surface area contributed by atoms with Gasteiger partial charge in [0.2, 0.25) is 0 Å². The predicted molar refractivity (Wildman–Crippen MR) is 86.9 cm³/mol. The molecule has 20 heavy (non-hydrogen) atoms. The second kappa shape index (κ2) is 7.02. The van der Waals surface area contributed by atoms with Crippen LogP contribution in [0.3, 0.4) is 0 Å². The van der Waals surface area contributed by atoms with Crippen molar-refractivity contribution in [2.45, 2.75) is 17.9 Å². The maximum Gasteiger partial charge on any atom is 0.124 e. The second-order valence-electron chi connectivity index (χ2n) is 4.37. The molecule has 1 unspecified atom stereocenters. The van der Waals surface area contributed by atoms with Crippen molar-refractivity contribution in [1.82, 2.24) is 0 Å². The van der Waals surface area contributed by atoms with E-state index in [0.29, 0.717) is 5.02 Å². The molecule has 0 aliphatic heterocycles. The number of halogens is 1. The lowest BCUT2D eigenvalue weighted by atomic mass is 9.99. The van der Waals surface area contributed by atoms with Gasteiger partial charge in [-0.1, -0.05) is 30.7 Å². The van der Waals surface area contributed by atoms with Gasteiger partial charge in [-0.15, -0.1) is 11.8 Å². The Kier molecular flexibility index (Phi) is 5.35. The van der Waals surface area contributed by atoms with Gasteiger partial charge >= 0.3 is 0 Å². The zero-order chi connectivity index (χ0) is 14.5. The number of thioether (sulfide) groups is 1. The highest BCUT2D eigenvalue weighted by atomic mass is 35.5. The van der Waals surface area contributed by atoms with E-state index in [4.69, 9.17) is 22.1 Å². The molecule has 0 aliphatic carbocycles. The second-order valence-corrected chi connectivity index (χ2v) is 6.14. The van der Waals surface area contributed by atoms with Crippen molar-refractivity contribution in [3.05, 3.63) is 58.6 Å². The van der Waals surface area contributed by atoms with Gasteiger partial charge in [0, 0.05) is 15.5 Å². The van der Waals surface area contributed by atoms with Crippen LogP contribution in [0, 0.1) is 0 Å². The lowest BCUT2D eigenvalue weighted by molar-refractivity contribution is 0.408. The highest BCUT2D eigenvalue weighted by Crippen LogP contribution is 2.31. The first kappa shape index (κ1) is 15.2. The Morgan fingerprint density at radius 2 is 1.90 bits per heavy atom. The number of hydrogen-bond donors (Lipinski definition) is 1. The van der Waals surface area contributed by atoms with E-state index in [1.807, 2.05) is 23.9 Å². The number of hydrogen-bond acceptors (Lipinski definition) is 3. The molecule has 0 heterocycles. The van der Waals surface area contributed by atoms with Crippen LogP contribution in [0.25, 0.3) is 0 Å². The third-order valence-corrected chi connectivity index (χ3v) is 4.21. The topological polar surface area (TPSA) is 35.2 Å². The molecule has 0 saturated heterocycles. The van der Waals surface area contributed by atoms with E-state index in [-0.39, 0.29) is 6.04 Å². The van der Waals surface area contributed by atoms with Crippen molar-refractivity contribution in [3.63, 3.8) is 0 Å². The summed E-state index contributed by atoms with van der Waals surface area (Å²) in [4.78, 5) is 1.25. The van der Waals surface area contributed by atoms with Crippen LogP contribution in [0.4, 0.5) is 0 Å². The number of rotatable bonds is 5. The average Bonchev–Trinajstić information content (AvgIpc) is 2.47. The molecule has 2 rings (SSSR count). The highest BCUT2D eigenvalue weighted by Gasteiger charge is 2.14. The van der Waals surface area contributed by atoms with Crippen molar-refractivity contribution >= 4 is 23.4 Å². The first-order valence-corrected chi connectivity index (χ1v) is 7.83. The van der Waals surface area contributed by atoms with Crippen molar-refractivity contribution in [2.24, 2.45) is 5.73 Å². The molecule has 0 radical (unpaired) electrons. The van der Waals surface area contributed by atoms with E-state index in [2.05, 4.69) is 31.2 Å². The fourth-order valence-corrected chi connectivity index (χ4v) is 2.91. The Hall–Kier alpha value is -1.16. The summed E-state index contributed by atoms with van der Waals surface area (Å²) in [6.45, 7) is 2.14. The molecule has 0 aromatic heterocycles. The Morgan fingerprint density at radius 3 is 2.50 bits per heavy atom. The molecule has 0 spiro atoms. The van der Waals surface area contributed by atoms with Crippen LogP contribution < -0.4 is 10.5 Å². The maximum absolute atomic E-state index is 6.34. The average molecular weight is 308 g/mol. The monoisotopic (exact) mass is 307 g/mol. The molecular weight excluding hydrogens is 290 g/mol. The molecule has 0 fully saturated rings. The van der Waals surface area contributed by atoms with Gasteiger partial charge < -0.3 is 10.5 Å². The van der Waals surface area contributed by atoms with Crippen molar-refractivity contribution in [1.29, 1.82) is 0 Å².